The summed E-state index contributed by atoms with van der Waals surface area (Å²) < 4.78 is 61.0. The highest BCUT2D eigenvalue weighted by molar-refractivity contribution is 7.92. The van der Waals surface area contributed by atoms with Gasteiger partial charge in [-0.15, -0.1) is 0 Å². The molecule has 2 N–H and O–H groups in total. The molecule has 1 amide bonds. The first-order valence-electron chi connectivity index (χ1n) is 8.90. The summed E-state index contributed by atoms with van der Waals surface area (Å²) in [6.45, 7) is 0. The average Bonchev–Trinajstić information content (AvgIpc) is 3.15. The van der Waals surface area contributed by atoms with E-state index in [1.165, 1.54) is 49.8 Å². The summed E-state index contributed by atoms with van der Waals surface area (Å²) in [4.78, 5) is 12.8. The van der Waals surface area contributed by atoms with Crippen LogP contribution in [-0.4, -0.2) is 36.1 Å². The number of sulfonamides is 1. The lowest BCUT2D eigenvalue weighted by Gasteiger charge is -2.12. The predicted octanol–water partition coefficient (Wildman–Crippen LogP) is 2.89. The summed E-state index contributed by atoms with van der Waals surface area (Å²) in [7, 11) is -5.88. The highest BCUT2D eigenvalue weighted by Gasteiger charge is 2.23. The lowest BCUT2D eigenvalue weighted by Crippen LogP contribution is -2.15. The van der Waals surface area contributed by atoms with Crippen LogP contribution in [0.1, 0.15) is 16.1 Å². The van der Waals surface area contributed by atoms with Crippen LogP contribution in [-0.2, 0) is 25.6 Å². The Labute approximate surface area is 180 Å². The molecule has 3 rings (SSSR count). The van der Waals surface area contributed by atoms with Crippen molar-refractivity contribution in [1.82, 2.24) is 0 Å². The van der Waals surface area contributed by atoms with Gasteiger partial charge in [0.2, 0.25) is 10.0 Å². The van der Waals surface area contributed by atoms with Gasteiger partial charge in [0.05, 0.1) is 36.0 Å². The van der Waals surface area contributed by atoms with E-state index in [0.29, 0.717) is 0 Å². The largest absolute Gasteiger partial charge is 0.495 e. The van der Waals surface area contributed by atoms with E-state index in [0.717, 1.165) is 6.26 Å². The van der Waals surface area contributed by atoms with Gasteiger partial charge in [0.25, 0.3) is 5.91 Å². The van der Waals surface area contributed by atoms with Crippen molar-refractivity contribution in [2.45, 2.75) is 10.6 Å². The van der Waals surface area contributed by atoms with Crippen molar-refractivity contribution in [1.29, 1.82) is 0 Å². The molecule has 0 saturated heterocycles. The Morgan fingerprint density at radius 1 is 1.03 bits per heavy atom. The first kappa shape index (κ1) is 22.4. The molecule has 3 aromatic rings. The fourth-order valence-corrected chi connectivity index (χ4v) is 4.75. The predicted molar refractivity (Wildman–Crippen MR) is 115 cm³/mol. The number of ether oxygens (including phenoxy) is 1. The number of furan rings is 1. The van der Waals surface area contributed by atoms with E-state index in [1.54, 1.807) is 18.2 Å². The van der Waals surface area contributed by atoms with Crippen molar-refractivity contribution < 1.29 is 30.8 Å². The monoisotopic (exact) mass is 464 g/mol. The molecule has 0 atom stereocenters. The summed E-state index contributed by atoms with van der Waals surface area (Å²) in [6.07, 6.45) is 2.22. The minimum atomic E-state index is -3.68. The quantitative estimate of drug-likeness (QED) is 0.524. The van der Waals surface area contributed by atoms with Gasteiger partial charge in [-0.1, -0.05) is 18.2 Å². The van der Waals surface area contributed by atoms with Crippen LogP contribution in [0.2, 0.25) is 0 Å². The maximum atomic E-state index is 12.7. The highest BCUT2D eigenvalue weighted by Crippen LogP contribution is 2.29. The van der Waals surface area contributed by atoms with E-state index >= 15 is 0 Å². The number of hydrogen-bond donors (Lipinski definition) is 2. The molecule has 0 aliphatic heterocycles. The first-order valence-corrected chi connectivity index (χ1v) is 12.4. The van der Waals surface area contributed by atoms with Crippen LogP contribution >= 0.6 is 0 Å². The summed E-state index contributed by atoms with van der Waals surface area (Å²) in [5, 5.41) is 2.57. The van der Waals surface area contributed by atoms with Crippen molar-refractivity contribution >= 4 is 37.1 Å². The number of amides is 1. The van der Waals surface area contributed by atoms with E-state index in [1.807, 2.05) is 0 Å². The molecule has 0 saturated carbocycles. The second kappa shape index (κ2) is 8.82. The molecule has 11 heteroatoms. The number of sulfone groups is 1. The van der Waals surface area contributed by atoms with Crippen molar-refractivity contribution in [2.24, 2.45) is 0 Å². The molecule has 0 unspecified atom stereocenters. The molecule has 0 aliphatic carbocycles. The van der Waals surface area contributed by atoms with Gasteiger partial charge in [0.1, 0.15) is 5.75 Å². The number of nitrogens with one attached hydrogen (secondary N) is 2. The SMILES string of the molecule is COc1ccc(NC(=O)c2occc2CS(=O)(=O)c2ccccc2)cc1NS(C)(=O)=O. The second-order valence-electron chi connectivity index (χ2n) is 6.59. The van der Waals surface area contributed by atoms with Crippen LogP contribution in [0.4, 0.5) is 11.4 Å². The maximum Gasteiger partial charge on any atom is 0.291 e. The maximum absolute atomic E-state index is 12.7. The van der Waals surface area contributed by atoms with Gasteiger partial charge in [-0.3, -0.25) is 9.52 Å². The molecule has 2 aromatic carbocycles. The molecule has 0 fully saturated rings. The first-order chi connectivity index (χ1) is 14.6. The van der Waals surface area contributed by atoms with Gasteiger partial charge in [-0.25, -0.2) is 16.8 Å². The smallest absolute Gasteiger partial charge is 0.291 e. The number of rotatable bonds is 8. The lowest BCUT2D eigenvalue weighted by molar-refractivity contribution is 0.0995. The van der Waals surface area contributed by atoms with Gasteiger partial charge in [0, 0.05) is 11.3 Å². The average molecular weight is 465 g/mol. The van der Waals surface area contributed by atoms with Gasteiger partial charge >= 0.3 is 0 Å². The van der Waals surface area contributed by atoms with Crippen molar-refractivity contribution in [3.63, 3.8) is 0 Å². The minimum Gasteiger partial charge on any atom is -0.495 e. The van der Waals surface area contributed by atoms with Gasteiger partial charge in [0.15, 0.2) is 15.6 Å². The molecule has 31 heavy (non-hydrogen) atoms. The third-order valence-corrected chi connectivity index (χ3v) is 6.43. The minimum absolute atomic E-state index is 0.133. The highest BCUT2D eigenvalue weighted by atomic mass is 32.2. The topological polar surface area (TPSA) is 132 Å². The molecule has 0 spiro atoms. The molecule has 0 aliphatic rings. The van der Waals surface area contributed by atoms with Crippen LogP contribution < -0.4 is 14.8 Å². The summed E-state index contributed by atoms with van der Waals surface area (Å²) in [6, 6.07) is 13.7. The number of carbonyl (C=O) groups is 1. The Hall–Kier alpha value is -3.31. The summed E-state index contributed by atoms with van der Waals surface area (Å²) in [5.41, 5.74) is 0.587. The van der Waals surface area contributed by atoms with E-state index in [4.69, 9.17) is 9.15 Å². The Morgan fingerprint density at radius 2 is 1.74 bits per heavy atom. The number of hydrogen-bond acceptors (Lipinski definition) is 7. The van der Waals surface area contributed by atoms with Gasteiger partial charge in [-0.05, 0) is 36.4 Å². The summed E-state index contributed by atoms with van der Waals surface area (Å²) >= 11 is 0. The number of anilines is 2. The van der Waals surface area contributed by atoms with Crippen molar-refractivity contribution in [3.05, 3.63) is 72.2 Å². The molecule has 164 valence electrons. The third-order valence-electron chi connectivity index (χ3n) is 4.15. The molecule has 0 radical (unpaired) electrons. The Bertz CT molecular complexity index is 1300. The molecule has 9 nitrogen and oxygen atoms in total. The normalized spacial score (nSPS) is 11.7. The van der Waals surface area contributed by atoms with Crippen molar-refractivity contribution in [2.75, 3.05) is 23.4 Å². The molecule has 1 aromatic heterocycles. The Morgan fingerprint density at radius 3 is 2.39 bits per heavy atom. The molecule has 1 heterocycles. The van der Waals surface area contributed by atoms with Gasteiger partial charge in [-0.2, -0.15) is 0 Å². The summed E-state index contributed by atoms with van der Waals surface area (Å²) in [5.74, 6) is -0.998. The molecular formula is C20H20N2O7S2. The lowest BCUT2D eigenvalue weighted by atomic mass is 10.2. The van der Waals surface area contributed by atoms with Crippen LogP contribution in [0.3, 0.4) is 0 Å². The van der Waals surface area contributed by atoms with Gasteiger partial charge < -0.3 is 14.5 Å². The van der Waals surface area contributed by atoms with Crippen LogP contribution in [0, 0.1) is 0 Å². The number of methoxy groups -OCH3 is 1. The fraction of sp³-hybridized carbons (Fsp3) is 0.150. The van der Waals surface area contributed by atoms with Crippen molar-refractivity contribution in [3.8, 4) is 5.75 Å². The Kier molecular flexibility index (Phi) is 6.37. The zero-order valence-electron chi connectivity index (χ0n) is 16.7. The van der Waals surface area contributed by atoms with E-state index < -0.39 is 31.5 Å². The van der Waals surface area contributed by atoms with Crippen LogP contribution in [0.5, 0.6) is 5.75 Å². The fourth-order valence-electron chi connectivity index (χ4n) is 2.82. The number of benzene rings is 2. The third kappa shape index (κ3) is 5.64. The zero-order chi connectivity index (χ0) is 22.6. The zero-order valence-corrected chi connectivity index (χ0v) is 18.3. The second-order valence-corrected chi connectivity index (χ2v) is 10.3. The molecule has 0 bridgehead atoms. The molecular weight excluding hydrogens is 444 g/mol. The Balaban J connectivity index is 1.83. The van der Waals surface area contributed by atoms with Crippen LogP contribution in [0.25, 0.3) is 0 Å². The van der Waals surface area contributed by atoms with E-state index in [9.17, 15) is 21.6 Å². The standard InChI is InChI=1S/C20H20N2O7S2/c1-28-18-9-8-15(12-17(18)22-30(2,24)25)21-20(23)19-14(10-11-29-19)13-31(26,27)16-6-4-3-5-7-16/h3-12,22H,13H2,1-2H3,(H,21,23). The van der Waals surface area contributed by atoms with E-state index in [-0.39, 0.29) is 33.3 Å². The van der Waals surface area contributed by atoms with E-state index in [2.05, 4.69) is 10.0 Å². The van der Waals surface area contributed by atoms with Crippen LogP contribution in [0.15, 0.2) is 70.2 Å². The number of carbonyl (C=O) groups excluding carboxylic acids is 1.